The summed E-state index contributed by atoms with van der Waals surface area (Å²) in [6, 6.07) is 6.50. The molecule has 1 rings (SSSR count). The van der Waals surface area contributed by atoms with Crippen LogP contribution in [0, 0.1) is 12.3 Å². The number of carbonyl (C=O) groups excluding carboxylic acids is 1. The molecule has 0 spiro atoms. The van der Waals surface area contributed by atoms with Crippen LogP contribution in [0.15, 0.2) is 24.3 Å². The van der Waals surface area contributed by atoms with Crippen molar-refractivity contribution in [3.05, 3.63) is 35.4 Å². The topological polar surface area (TPSA) is 52.3 Å². The Hall–Kier alpha value is -1.79. The Labute approximate surface area is 70.1 Å². The second-order valence-electron chi connectivity index (χ2n) is 2.13. The van der Waals surface area contributed by atoms with Gasteiger partial charge in [-0.2, -0.15) is 5.90 Å². The summed E-state index contributed by atoms with van der Waals surface area (Å²) in [5.41, 5.74) is 0.978. The van der Waals surface area contributed by atoms with Gasteiger partial charge in [-0.1, -0.05) is 12.0 Å². The largest absolute Gasteiger partial charge is 0.370 e. The molecule has 2 N–H and O–H groups in total. The third kappa shape index (κ3) is 1.62. The van der Waals surface area contributed by atoms with Gasteiger partial charge in [-0.05, 0) is 18.2 Å². The number of benzene rings is 1. The van der Waals surface area contributed by atoms with Crippen LogP contribution in [0.2, 0.25) is 0 Å². The first-order chi connectivity index (χ1) is 5.77. The van der Waals surface area contributed by atoms with Gasteiger partial charge in [0.15, 0.2) is 0 Å². The Morgan fingerprint density at radius 1 is 1.58 bits per heavy atom. The minimum Gasteiger partial charge on any atom is -0.370 e. The fraction of sp³-hybridized carbons (Fsp3) is 0. The van der Waals surface area contributed by atoms with E-state index in [1.165, 1.54) is 6.07 Å². The molecule has 0 amide bonds. The SMILES string of the molecule is C#Cc1cccc(C(=O)ON)c1. The van der Waals surface area contributed by atoms with Crippen LogP contribution in [-0.4, -0.2) is 5.97 Å². The second-order valence-corrected chi connectivity index (χ2v) is 2.13. The second kappa shape index (κ2) is 3.56. The highest BCUT2D eigenvalue weighted by Crippen LogP contribution is 2.04. The summed E-state index contributed by atoms with van der Waals surface area (Å²) in [4.78, 5) is 14.9. The molecule has 0 unspecified atom stereocenters. The normalized spacial score (nSPS) is 8.67. The molecule has 0 atom stereocenters. The number of hydrogen-bond acceptors (Lipinski definition) is 3. The molecule has 0 aliphatic rings. The van der Waals surface area contributed by atoms with Gasteiger partial charge in [-0.25, -0.2) is 4.79 Å². The summed E-state index contributed by atoms with van der Waals surface area (Å²) in [7, 11) is 0. The number of carbonyl (C=O) groups is 1. The fourth-order valence-electron chi connectivity index (χ4n) is 0.804. The molecule has 0 bridgehead atoms. The Balaban J connectivity index is 3.04. The predicted molar refractivity (Wildman–Crippen MR) is 44.0 cm³/mol. The van der Waals surface area contributed by atoms with Gasteiger partial charge in [0.2, 0.25) is 0 Å². The average Bonchev–Trinajstić information content (AvgIpc) is 2.17. The number of terminal acetylenes is 1. The third-order valence-electron chi connectivity index (χ3n) is 1.37. The van der Waals surface area contributed by atoms with Crippen molar-refractivity contribution in [2.45, 2.75) is 0 Å². The maximum atomic E-state index is 10.9. The maximum Gasteiger partial charge on any atom is 0.356 e. The van der Waals surface area contributed by atoms with Crippen LogP contribution in [0.1, 0.15) is 15.9 Å². The molecular weight excluding hydrogens is 154 g/mol. The third-order valence-corrected chi connectivity index (χ3v) is 1.37. The van der Waals surface area contributed by atoms with Crippen LogP contribution in [0.4, 0.5) is 0 Å². The molecule has 0 heterocycles. The van der Waals surface area contributed by atoms with Crippen molar-refractivity contribution >= 4 is 5.97 Å². The summed E-state index contributed by atoms with van der Waals surface area (Å²) in [5.74, 6) is 6.50. The van der Waals surface area contributed by atoms with Crippen molar-refractivity contribution in [2.24, 2.45) is 5.90 Å². The van der Waals surface area contributed by atoms with Gasteiger partial charge in [-0.15, -0.1) is 6.42 Å². The molecule has 1 aromatic carbocycles. The van der Waals surface area contributed by atoms with E-state index in [-0.39, 0.29) is 0 Å². The highest BCUT2D eigenvalue weighted by molar-refractivity contribution is 5.89. The van der Waals surface area contributed by atoms with Crippen LogP contribution >= 0.6 is 0 Å². The first-order valence-electron chi connectivity index (χ1n) is 3.25. The molecule has 0 radical (unpaired) electrons. The molecule has 1 aromatic rings. The lowest BCUT2D eigenvalue weighted by Crippen LogP contribution is -2.09. The summed E-state index contributed by atoms with van der Waals surface area (Å²) >= 11 is 0. The Bertz CT molecular complexity index is 339. The van der Waals surface area contributed by atoms with Gasteiger partial charge >= 0.3 is 5.97 Å². The van der Waals surface area contributed by atoms with Crippen LogP contribution < -0.4 is 5.90 Å². The highest BCUT2D eigenvalue weighted by atomic mass is 16.7. The zero-order valence-electron chi connectivity index (χ0n) is 6.28. The van der Waals surface area contributed by atoms with Gasteiger partial charge in [0.25, 0.3) is 0 Å². The van der Waals surface area contributed by atoms with E-state index in [4.69, 9.17) is 12.3 Å². The van der Waals surface area contributed by atoms with Crippen molar-refractivity contribution in [3.63, 3.8) is 0 Å². The number of nitrogens with two attached hydrogens (primary N) is 1. The van der Waals surface area contributed by atoms with E-state index in [1.54, 1.807) is 18.2 Å². The Morgan fingerprint density at radius 2 is 2.33 bits per heavy atom. The van der Waals surface area contributed by atoms with E-state index in [0.29, 0.717) is 11.1 Å². The zero-order valence-corrected chi connectivity index (χ0v) is 6.28. The van der Waals surface area contributed by atoms with Crippen molar-refractivity contribution in [1.29, 1.82) is 0 Å². The summed E-state index contributed by atoms with van der Waals surface area (Å²) < 4.78 is 0. The molecule has 0 saturated heterocycles. The zero-order chi connectivity index (χ0) is 8.97. The van der Waals surface area contributed by atoms with Crippen LogP contribution in [-0.2, 0) is 4.84 Å². The average molecular weight is 161 g/mol. The molecule has 0 saturated carbocycles. The molecule has 12 heavy (non-hydrogen) atoms. The highest BCUT2D eigenvalue weighted by Gasteiger charge is 2.04. The standard InChI is InChI=1S/C9H7NO2/c1-2-7-4-3-5-8(6-7)9(11)12-10/h1,3-6H,10H2. The van der Waals surface area contributed by atoms with E-state index < -0.39 is 5.97 Å². The lowest BCUT2D eigenvalue weighted by molar-refractivity contribution is 0.0503. The van der Waals surface area contributed by atoms with Gasteiger partial charge in [-0.3, -0.25) is 0 Å². The molecule has 0 fully saturated rings. The minimum absolute atomic E-state index is 0.355. The predicted octanol–water partition coefficient (Wildman–Crippen LogP) is 0.698. The molecule has 60 valence electrons. The van der Waals surface area contributed by atoms with Crippen LogP contribution in [0.5, 0.6) is 0 Å². The molecule has 3 heteroatoms. The smallest absolute Gasteiger partial charge is 0.356 e. The van der Waals surface area contributed by atoms with E-state index >= 15 is 0 Å². The van der Waals surface area contributed by atoms with Gasteiger partial charge in [0, 0.05) is 5.56 Å². The van der Waals surface area contributed by atoms with Gasteiger partial charge in [0.05, 0.1) is 5.56 Å². The van der Waals surface area contributed by atoms with Crippen molar-refractivity contribution in [2.75, 3.05) is 0 Å². The monoisotopic (exact) mass is 161 g/mol. The number of rotatable bonds is 1. The van der Waals surface area contributed by atoms with Crippen LogP contribution in [0.25, 0.3) is 0 Å². The minimum atomic E-state index is -0.591. The summed E-state index contributed by atoms with van der Waals surface area (Å²) in [6.45, 7) is 0. The Kier molecular flexibility index (Phi) is 2.46. The van der Waals surface area contributed by atoms with E-state index in [2.05, 4.69) is 10.8 Å². The molecule has 0 aliphatic heterocycles. The molecular formula is C9H7NO2. The molecule has 0 aromatic heterocycles. The Morgan fingerprint density at radius 3 is 2.92 bits per heavy atom. The summed E-state index contributed by atoms with van der Waals surface area (Å²) in [5, 5.41) is 0. The maximum absolute atomic E-state index is 10.9. The number of hydrogen-bond donors (Lipinski definition) is 1. The fourth-order valence-corrected chi connectivity index (χ4v) is 0.804. The lowest BCUT2D eigenvalue weighted by Gasteiger charge is -1.97. The first-order valence-corrected chi connectivity index (χ1v) is 3.25. The van der Waals surface area contributed by atoms with Crippen molar-refractivity contribution in [1.82, 2.24) is 0 Å². The van der Waals surface area contributed by atoms with Crippen LogP contribution in [0.3, 0.4) is 0 Å². The quantitative estimate of drug-likeness (QED) is 0.487. The van der Waals surface area contributed by atoms with Gasteiger partial charge < -0.3 is 4.84 Å². The van der Waals surface area contributed by atoms with Crippen molar-refractivity contribution < 1.29 is 9.63 Å². The van der Waals surface area contributed by atoms with Crippen molar-refractivity contribution in [3.8, 4) is 12.3 Å². The van der Waals surface area contributed by atoms with E-state index in [9.17, 15) is 4.79 Å². The molecule has 0 aliphatic carbocycles. The van der Waals surface area contributed by atoms with E-state index in [0.717, 1.165) is 0 Å². The summed E-state index contributed by atoms with van der Waals surface area (Å²) in [6.07, 6.45) is 5.13. The van der Waals surface area contributed by atoms with E-state index in [1.807, 2.05) is 0 Å². The first kappa shape index (κ1) is 8.31. The lowest BCUT2D eigenvalue weighted by atomic mass is 10.1. The molecule has 3 nitrogen and oxygen atoms in total. The van der Waals surface area contributed by atoms with Gasteiger partial charge in [0.1, 0.15) is 0 Å².